The van der Waals surface area contributed by atoms with E-state index in [0.717, 1.165) is 11.1 Å². The Labute approximate surface area is 246 Å². The first-order chi connectivity index (χ1) is 18.9. The number of aliphatic hydroxyl groups is 1. The minimum Gasteiger partial charge on any atom is -0.440 e. The van der Waals surface area contributed by atoms with Crippen molar-refractivity contribution in [2.24, 2.45) is 11.8 Å². The molecule has 0 bridgehead atoms. The molecule has 8 nitrogen and oxygen atoms in total. The van der Waals surface area contributed by atoms with Crippen LogP contribution in [-0.2, 0) is 19.7 Å². The summed E-state index contributed by atoms with van der Waals surface area (Å²) in [5.74, 6) is -0.712. The Morgan fingerprint density at radius 3 is 2.38 bits per heavy atom. The maximum atomic E-state index is 13.3. The minimum atomic E-state index is -0.904. The summed E-state index contributed by atoms with van der Waals surface area (Å²) in [6, 6.07) is 12.9. The van der Waals surface area contributed by atoms with Crippen LogP contribution < -0.4 is 16.0 Å². The molecule has 40 heavy (non-hydrogen) atoms. The Balaban J connectivity index is 1.79. The van der Waals surface area contributed by atoms with Gasteiger partial charge in [0.25, 0.3) is 0 Å². The molecule has 1 fully saturated rings. The van der Waals surface area contributed by atoms with Crippen LogP contribution in [0.1, 0.15) is 64.2 Å². The molecule has 0 aromatic heterocycles. The van der Waals surface area contributed by atoms with E-state index in [4.69, 9.17) is 27.9 Å². The summed E-state index contributed by atoms with van der Waals surface area (Å²) in [6.07, 6.45) is -0.172. The van der Waals surface area contributed by atoms with Crippen molar-refractivity contribution in [1.82, 2.24) is 16.0 Å². The van der Waals surface area contributed by atoms with E-state index in [1.54, 1.807) is 30.3 Å². The van der Waals surface area contributed by atoms with E-state index >= 15 is 0 Å². The fraction of sp³-hybridized carbons (Fsp3) is 0.500. The molecule has 2 aromatic carbocycles. The van der Waals surface area contributed by atoms with Crippen LogP contribution in [-0.4, -0.2) is 48.2 Å². The number of benzene rings is 2. The number of alkyl carbamates (subject to hydrolysis) is 1. The van der Waals surface area contributed by atoms with Gasteiger partial charge in [0.2, 0.25) is 11.8 Å². The van der Waals surface area contributed by atoms with E-state index in [1.165, 1.54) is 0 Å². The number of rotatable bonds is 12. The van der Waals surface area contributed by atoms with Gasteiger partial charge >= 0.3 is 6.09 Å². The zero-order valence-corrected chi connectivity index (χ0v) is 24.9. The fourth-order valence-corrected chi connectivity index (χ4v) is 5.31. The molecule has 4 atom stereocenters. The lowest BCUT2D eigenvalue weighted by Gasteiger charge is -2.35. The SMILES string of the molecule is CC(C)CC(NC(=O)OC(c1ccc(Cl)cc1)C(C)(C)c1cccc(Cl)c1)C(=O)NC(CO)CC1CCNC1=O. The molecular formula is C30H39Cl2N3O5. The normalized spacial score (nSPS) is 17.6. The zero-order chi connectivity index (χ0) is 29.4. The van der Waals surface area contributed by atoms with Crippen LogP contribution in [0, 0.1) is 11.8 Å². The molecule has 1 aliphatic heterocycles. The molecule has 218 valence electrons. The molecule has 3 rings (SSSR count). The van der Waals surface area contributed by atoms with Crippen LogP contribution in [0.5, 0.6) is 0 Å². The van der Waals surface area contributed by atoms with Crippen LogP contribution >= 0.6 is 23.2 Å². The van der Waals surface area contributed by atoms with Crippen molar-refractivity contribution in [1.29, 1.82) is 0 Å². The van der Waals surface area contributed by atoms with Gasteiger partial charge in [-0.25, -0.2) is 4.79 Å². The Morgan fingerprint density at radius 2 is 1.80 bits per heavy atom. The highest BCUT2D eigenvalue weighted by Crippen LogP contribution is 2.40. The maximum absolute atomic E-state index is 13.3. The van der Waals surface area contributed by atoms with Gasteiger partial charge in [-0.1, -0.05) is 75.2 Å². The van der Waals surface area contributed by atoms with Gasteiger partial charge in [0, 0.05) is 27.9 Å². The molecule has 1 heterocycles. The molecule has 2 aromatic rings. The summed E-state index contributed by atoms with van der Waals surface area (Å²) in [4.78, 5) is 38.6. The number of carbonyl (C=O) groups is 3. The summed E-state index contributed by atoms with van der Waals surface area (Å²) in [7, 11) is 0. The molecule has 1 saturated heterocycles. The topological polar surface area (TPSA) is 117 Å². The number of hydrogen-bond donors (Lipinski definition) is 4. The van der Waals surface area contributed by atoms with Crippen molar-refractivity contribution < 1.29 is 24.2 Å². The second-order valence-corrected chi connectivity index (χ2v) is 12.2. The monoisotopic (exact) mass is 591 g/mol. The van der Waals surface area contributed by atoms with Crippen LogP contribution in [0.25, 0.3) is 0 Å². The molecule has 4 N–H and O–H groups in total. The molecule has 3 amide bonds. The van der Waals surface area contributed by atoms with E-state index < -0.39 is 35.6 Å². The highest BCUT2D eigenvalue weighted by molar-refractivity contribution is 6.30. The average molecular weight is 593 g/mol. The van der Waals surface area contributed by atoms with Crippen molar-refractivity contribution >= 4 is 41.1 Å². The second kappa shape index (κ2) is 14.2. The third-order valence-electron chi connectivity index (χ3n) is 7.24. The molecular weight excluding hydrogens is 553 g/mol. The van der Waals surface area contributed by atoms with Gasteiger partial charge in [-0.3, -0.25) is 9.59 Å². The number of nitrogens with one attached hydrogen (secondary N) is 3. The van der Waals surface area contributed by atoms with Gasteiger partial charge in [0.05, 0.1) is 12.6 Å². The van der Waals surface area contributed by atoms with E-state index in [0.29, 0.717) is 35.9 Å². The summed E-state index contributed by atoms with van der Waals surface area (Å²) in [5, 5.41) is 19.3. The molecule has 0 radical (unpaired) electrons. The molecule has 10 heteroatoms. The first kappa shape index (κ1) is 31.7. The quantitative estimate of drug-likeness (QED) is 0.272. The van der Waals surface area contributed by atoms with E-state index in [9.17, 15) is 19.5 Å². The standard InChI is InChI=1S/C30H39Cl2N3O5/c1-18(2)14-25(28(38)34-24(17-36)15-20-12-13-33-27(20)37)35-29(39)40-26(19-8-10-22(31)11-9-19)30(3,4)21-6-5-7-23(32)16-21/h5-11,16,18,20,24-26,36H,12-15,17H2,1-4H3,(H,33,37)(H,34,38)(H,35,39). The van der Waals surface area contributed by atoms with E-state index in [-0.39, 0.29) is 24.3 Å². The maximum Gasteiger partial charge on any atom is 0.408 e. The third kappa shape index (κ3) is 8.59. The summed E-state index contributed by atoms with van der Waals surface area (Å²) in [5.41, 5.74) is 0.894. The van der Waals surface area contributed by atoms with Gasteiger partial charge in [0.15, 0.2) is 0 Å². The first-order valence-electron chi connectivity index (χ1n) is 13.6. The number of halogens is 2. The predicted octanol–water partition coefficient (Wildman–Crippen LogP) is 5.16. The summed E-state index contributed by atoms with van der Waals surface area (Å²) >= 11 is 12.4. The Morgan fingerprint density at radius 1 is 1.10 bits per heavy atom. The zero-order valence-electron chi connectivity index (χ0n) is 23.4. The Kier molecular flexibility index (Phi) is 11.3. The lowest BCUT2D eigenvalue weighted by Crippen LogP contribution is -2.52. The van der Waals surface area contributed by atoms with Gasteiger partial charge in [-0.2, -0.15) is 0 Å². The lowest BCUT2D eigenvalue weighted by atomic mass is 9.76. The fourth-order valence-electron chi connectivity index (χ4n) is 4.99. The van der Waals surface area contributed by atoms with Crippen LogP contribution in [0.15, 0.2) is 48.5 Å². The first-order valence-corrected chi connectivity index (χ1v) is 14.3. The van der Waals surface area contributed by atoms with Crippen molar-refractivity contribution in [3.05, 3.63) is 69.7 Å². The smallest absolute Gasteiger partial charge is 0.408 e. The van der Waals surface area contributed by atoms with E-state index in [2.05, 4.69) is 16.0 Å². The van der Waals surface area contributed by atoms with Gasteiger partial charge in [-0.05, 0) is 60.6 Å². The number of ether oxygens (including phenoxy) is 1. The summed E-state index contributed by atoms with van der Waals surface area (Å²) in [6.45, 7) is 8.06. The van der Waals surface area contributed by atoms with Gasteiger partial charge in [-0.15, -0.1) is 0 Å². The highest BCUT2D eigenvalue weighted by atomic mass is 35.5. The van der Waals surface area contributed by atoms with Crippen LogP contribution in [0.3, 0.4) is 0 Å². The molecule has 0 saturated carbocycles. The van der Waals surface area contributed by atoms with Crippen molar-refractivity contribution in [2.75, 3.05) is 13.2 Å². The van der Waals surface area contributed by atoms with E-state index in [1.807, 2.05) is 45.9 Å². The number of aliphatic hydroxyl groups excluding tert-OH is 1. The van der Waals surface area contributed by atoms with Crippen molar-refractivity contribution in [3.63, 3.8) is 0 Å². The summed E-state index contributed by atoms with van der Waals surface area (Å²) < 4.78 is 6.03. The van der Waals surface area contributed by atoms with Crippen molar-refractivity contribution in [3.8, 4) is 0 Å². The van der Waals surface area contributed by atoms with Crippen LogP contribution in [0.4, 0.5) is 4.79 Å². The lowest BCUT2D eigenvalue weighted by molar-refractivity contribution is -0.126. The van der Waals surface area contributed by atoms with Gasteiger partial charge in [0.1, 0.15) is 12.1 Å². The van der Waals surface area contributed by atoms with Gasteiger partial charge < -0.3 is 25.8 Å². The largest absolute Gasteiger partial charge is 0.440 e. The van der Waals surface area contributed by atoms with Crippen LogP contribution in [0.2, 0.25) is 10.0 Å². The average Bonchev–Trinajstić information content (AvgIpc) is 3.30. The predicted molar refractivity (Wildman–Crippen MR) is 156 cm³/mol. The third-order valence-corrected chi connectivity index (χ3v) is 7.72. The highest BCUT2D eigenvalue weighted by Gasteiger charge is 2.37. The molecule has 0 aliphatic carbocycles. The molecule has 1 aliphatic rings. The molecule has 4 unspecified atom stereocenters. The number of amides is 3. The Hall–Kier alpha value is -2.81. The minimum absolute atomic E-state index is 0.0799. The molecule has 0 spiro atoms. The number of hydrogen-bond acceptors (Lipinski definition) is 5. The van der Waals surface area contributed by atoms with Crippen molar-refractivity contribution in [2.45, 2.75) is 70.6 Å². The number of carbonyl (C=O) groups excluding carboxylic acids is 3. The Bertz CT molecular complexity index is 1170. The second-order valence-electron chi connectivity index (χ2n) is 11.3.